The highest BCUT2D eigenvalue weighted by Gasteiger charge is 2.16. The third kappa shape index (κ3) is 3.52. The summed E-state index contributed by atoms with van der Waals surface area (Å²) >= 11 is 6.15. The summed E-state index contributed by atoms with van der Waals surface area (Å²) in [4.78, 5) is 10.7. The number of hydrogen-bond donors (Lipinski definition) is 2. The van der Waals surface area contributed by atoms with E-state index in [-0.39, 0.29) is 0 Å². The summed E-state index contributed by atoms with van der Waals surface area (Å²) in [7, 11) is 0. The first-order valence-corrected chi connectivity index (χ1v) is 6.50. The summed E-state index contributed by atoms with van der Waals surface area (Å²) in [6, 6.07) is 2.97. The minimum atomic E-state index is -0.888. The molecule has 0 aliphatic carbocycles. The lowest BCUT2D eigenvalue weighted by atomic mass is 10.2. The number of fused-ring (bicyclic) bond motifs is 1. The van der Waals surface area contributed by atoms with Crippen LogP contribution in [0.25, 0.3) is 0 Å². The number of halogens is 1. The van der Waals surface area contributed by atoms with Gasteiger partial charge in [-0.05, 0) is 24.6 Å². The van der Waals surface area contributed by atoms with Crippen molar-refractivity contribution in [3.05, 3.63) is 22.7 Å². The Bertz CT molecular complexity index is 478. The minimum absolute atomic E-state index is 0.407. The Labute approximate surface area is 116 Å². The van der Waals surface area contributed by atoms with E-state index < -0.39 is 12.0 Å². The molecular weight excluding hydrogens is 270 g/mol. The molecule has 19 heavy (non-hydrogen) atoms. The number of ether oxygens (including phenoxy) is 2. The maximum absolute atomic E-state index is 10.7. The molecule has 1 aromatic carbocycles. The van der Waals surface area contributed by atoms with Crippen molar-refractivity contribution in [2.75, 3.05) is 13.2 Å². The molecule has 5 nitrogen and oxygen atoms in total. The number of carbonyl (C=O) groups is 1. The number of hydrogen-bond acceptors (Lipinski definition) is 4. The van der Waals surface area contributed by atoms with E-state index in [0.29, 0.717) is 36.3 Å². The summed E-state index contributed by atoms with van der Waals surface area (Å²) in [5.74, 6) is 0.291. The van der Waals surface area contributed by atoms with E-state index in [1.54, 1.807) is 13.0 Å². The van der Waals surface area contributed by atoms with Crippen LogP contribution in [-0.2, 0) is 11.3 Å². The van der Waals surface area contributed by atoms with Crippen LogP contribution in [-0.4, -0.2) is 30.3 Å². The molecule has 0 bridgehead atoms. The molecular formula is C13H16ClNO4. The Morgan fingerprint density at radius 3 is 2.95 bits per heavy atom. The number of carboxylic acids is 1. The van der Waals surface area contributed by atoms with Crippen molar-refractivity contribution in [1.82, 2.24) is 5.32 Å². The number of aliphatic carboxylic acids is 1. The molecule has 0 saturated carbocycles. The highest BCUT2D eigenvalue weighted by molar-refractivity contribution is 6.32. The summed E-state index contributed by atoms with van der Waals surface area (Å²) in [5, 5.41) is 12.2. The molecule has 2 rings (SSSR count). The van der Waals surface area contributed by atoms with Crippen LogP contribution in [0.2, 0.25) is 5.02 Å². The first-order valence-electron chi connectivity index (χ1n) is 6.12. The topological polar surface area (TPSA) is 67.8 Å². The van der Waals surface area contributed by atoms with Crippen molar-refractivity contribution in [2.45, 2.75) is 25.9 Å². The zero-order valence-electron chi connectivity index (χ0n) is 10.6. The van der Waals surface area contributed by atoms with Crippen molar-refractivity contribution in [1.29, 1.82) is 0 Å². The van der Waals surface area contributed by atoms with Gasteiger partial charge in [-0.25, -0.2) is 0 Å². The molecule has 0 unspecified atom stereocenters. The van der Waals surface area contributed by atoms with Gasteiger partial charge in [0.05, 0.1) is 18.2 Å². The molecule has 1 atom stereocenters. The quantitative estimate of drug-likeness (QED) is 0.886. The lowest BCUT2D eigenvalue weighted by Crippen LogP contribution is -2.33. The van der Waals surface area contributed by atoms with Gasteiger partial charge in [-0.15, -0.1) is 0 Å². The fourth-order valence-electron chi connectivity index (χ4n) is 1.74. The van der Waals surface area contributed by atoms with Crippen LogP contribution < -0.4 is 14.8 Å². The smallest absolute Gasteiger partial charge is 0.320 e. The summed E-state index contributed by atoms with van der Waals surface area (Å²) in [5.41, 5.74) is 0.863. The zero-order valence-corrected chi connectivity index (χ0v) is 11.4. The predicted octanol–water partition coefficient (Wildman–Crippen LogP) is 2.06. The van der Waals surface area contributed by atoms with E-state index in [4.69, 9.17) is 26.2 Å². The normalized spacial score (nSPS) is 15.7. The molecule has 6 heteroatoms. The van der Waals surface area contributed by atoms with Crippen LogP contribution in [0.4, 0.5) is 0 Å². The Morgan fingerprint density at radius 2 is 2.21 bits per heavy atom. The van der Waals surface area contributed by atoms with Gasteiger partial charge in [-0.3, -0.25) is 4.79 Å². The maximum atomic E-state index is 10.7. The van der Waals surface area contributed by atoms with Gasteiger partial charge in [0.2, 0.25) is 0 Å². The Balaban J connectivity index is 2.12. The molecule has 1 heterocycles. The van der Waals surface area contributed by atoms with Crippen molar-refractivity contribution in [3.8, 4) is 11.5 Å². The second kappa shape index (κ2) is 6.12. The third-order valence-electron chi connectivity index (χ3n) is 2.84. The van der Waals surface area contributed by atoms with Gasteiger partial charge in [0.15, 0.2) is 11.5 Å². The van der Waals surface area contributed by atoms with Gasteiger partial charge < -0.3 is 19.9 Å². The van der Waals surface area contributed by atoms with Crippen LogP contribution in [0, 0.1) is 0 Å². The van der Waals surface area contributed by atoms with Gasteiger partial charge in [0.25, 0.3) is 0 Å². The van der Waals surface area contributed by atoms with E-state index in [1.807, 2.05) is 6.07 Å². The zero-order chi connectivity index (χ0) is 13.8. The molecule has 0 radical (unpaired) electrons. The van der Waals surface area contributed by atoms with Crippen LogP contribution in [0.15, 0.2) is 12.1 Å². The number of benzene rings is 1. The van der Waals surface area contributed by atoms with Gasteiger partial charge in [-0.1, -0.05) is 11.6 Å². The standard InChI is InChI=1S/C13H16ClNO4/c1-8(13(16)17)15-7-9-5-10(14)12-11(6-9)18-3-2-4-19-12/h5-6,8,15H,2-4,7H2,1H3,(H,16,17)/t8-/m1/s1. The Hall–Kier alpha value is -1.46. The molecule has 2 N–H and O–H groups in total. The van der Waals surface area contributed by atoms with Crippen molar-refractivity contribution in [3.63, 3.8) is 0 Å². The van der Waals surface area contributed by atoms with Crippen molar-refractivity contribution in [2.24, 2.45) is 0 Å². The summed E-state index contributed by atoms with van der Waals surface area (Å²) < 4.78 is 11.1. The van der Waals surface area contributed by atoms with E-state index in [1.165, 1.54) is 0 Å². The van der Waals surface area contributed by atoms with Gasteiger partial charge >= 0.3 is 5.97 Å². The number of carboxylic acid groups (broad SMARTS) is 1. The molecule has 1 aromatic rings. The lowest BCUT2D eigenvalue weighted by Gasteiger charge is -2.13. The van der Waals surface area contributed by atoms with Crippen LogP contribution in [0.3, 0.4) is 0 Å². The lowest BCUT2D eigenvalue weighted by molar-refractivity contribution is -0.139. The van der Waals surface area contributed by atoms with Crippen LogP contribution in [0.5, 0.6) is 11.5 Å². The first kappa shape index (κ1) is 14.0. The molecule has 0 spiro atoms. The van der Waals surface area contributed by atoms with Crippen LogP contribution >= 0.6 is 11.6 Å². The van der Waals surface area contributed by atoms with E-state index >= 15 is 0 Å². The van der Waals surface area contributed by atoms with Gasteiger partial charge in [0, 0.05) is 13.0 Å². The second-order valence-corrected chi connectivity index (χ2v) is 4.80. The van der Waals surface area contributed by atoms with Crippen molar-refractivity contribution >= 4 is 17.6 Å². The largest absolute Gasteiger partial charge is 0.489 e. The van der Waals surface area contributed by atoms with Crippen LogP contribution in [0.1, 0.15) is 18.9 Å². The van der Waals surface area contributed by atoms with Gasteiger partial charge in [-0.2, -0.15) is 0 Å². The van der Waals surface area contributed by atoms with E-state index in [0.717, 1.165) is 12.0 Å². The highest BCUT2D eigenvalue weighted by Crippen LogP contribution is 2.37. The molecule has 0 saturated heterocycles. The van der Waals surface area contributed by atoms with Crippen molar-refractivity contribution < 1.29 is 19.4 Å². The second-order valence-electron chi connectivity index (χ2n) is 4.40. The Kier molecular flexibility index (Phi) is 4.50. The van der Waals surface area contributed by atoms with Gasteiger partial charge in [0.1, 0.15) is 6.04 Å². The molecule has 1 aliphatic heterocycles. The maximum Gasteiger partial charge on any atom is 0.320 e. The van der Waals surface area contributed by atoms with E-state index in [9.17, 15) is 4.79 Å². The van der Waals surface area contributed by atoms with E-state index in [2.05, 4.69) is 5.32 Å². The monoisotopic (exact) mass is 285 g/mol. The number of rotatable bonds is 4. The Morgan fingerprint density at radius 1 is 1.47 bits per heavy atom. The molecule has 0 amide bonds. The summed E-state index contributed by atoms with van der Waals surface area (Å²) in [6.07, 6.45) is 0.814. The first-order chi connectivity index (χ1) is 9.08. The molecule has 0 aromatic heterocycles. The number of nitrogens with one attached hydrogen (secondary N) is 1. The minimum Gasteiger partial charge on any atom is -0.489 e. The molecule has 104 valence electrons. The predicted molar refractivity (Wildman–Crippen MR) is 71.0 cm³/mol. The molecule has 0 fully saturated rings. The fourth-order valence-corrected chi connectivity index (χ4v) is 2.03. The summed E-state index contributed by atoms with van der Waals surface area (Å²) in [6.45, 7) is 3.17. The highest BCUT2D eigenvalue weighted by atomic mass is 35.5. The molecule has 1 aliphatic rings. The fraction of sp³-hybridized carbons (Fsp3) is 0.462. The third-order valence-corrected chi connectivity index (χ3v) is 3.13. The average molecular weight is 286 g/mol. The SMILES string of the molecule is C[C@@H](NCc1cc(Cl)c2c(c1)OCCCO2)C(=O)O. The average Bonchev–Trinajstić information content (AvgIpc) is 2.61.